The van der Waals surface area contributed by atoms with Crippen molar-refractivity contribution in [3.63, 3.8) is 0 Å². The molecule has 0 saturated heterocycles. The predicted molar refractivity (Wildman–Crippen MR) is 250 cm³/mol. The molecule has 0 amide bonds. The fourth-order valence-electron chi connectivity index (χ4n) is 7.98. The molecule has 0 aliphatic heterocycles. The van der Waals surface area contributed by atoms with Crippen LogP contribution in [0.25, 0.3) is 0 Å². The molecule has 6 heteroatoms. The first kappa shape index (κ1) is 54.6. The van der Waals surface area contributed by atoms with E-state index in [9.17, 15) is 14.4 Å². The lowest BCUT2D eigenvalue weighted by molar-refractivity contribution is 0.0404. The molecule has 0 aliphatic rings. The van der Waals surface area contributed by atoms with E-state index in [1.165, 1.54) is 179 Å². The van der Waals surface area contributed by atoms with Gasteiger partial charge in [0, 0.05) is 0 Å². The predicted octanol–water partition coefficient (Wildman–Crippen LogP) is 16.9. The van der Waals surface area contributed by atoms with Crippen molar-refractivity contribution in [2.45, 2.75) is 259 Å². The molecule has 0 saturated carbocycles. The molecule has 0 N–H and O–H groups in total. The summed E-state index contributed by atoms with van der Waals surface area (Å²) in [5.74, 6) is -1.37. The first-order chi connectivity index (χ1) is 29.0. The highest BCUT2D eigenvalue weighted by Gasteiger charge is 2.23. The van der Waals surface area contributed by atoms with Crippen molar-refractivity contribution in [3.8, 4) is 0 Å². The van der Waals surface area contributed by atoms with Gasteiger partial charge in [-0.3, -0.25) is 0 Å². The summed E-state index contributed by atoms with van der Waals surface area (Å²) in [5, 5.41) is 0. The Labute approximate surface area is 364 Å². The fourth-order valence-corrected chi connectivity index (χ4v) is 7.98. The van der Waals surface area contributed by atoms with Crippen LogP contribution in [0.1, 0.15) is 290 Å². The van der Waals surface area contributed by atoms with Crippen molar-refractivity contribution in [2.75, 3.05) is 19.8 Å². The largest absolute Gasteiger partial charge is 0.462 e. The lowest BCUT2D eigenvalue weighted by Gasteiger charge is -2.16. The second-order valence-electron chi connectivity index (χ2n) is 17.7. The first-order valence-corrected chi connectivity index (χ1v) is 25.6. The van der Waals surface area contributed by atoms with Crippen LogP contribution in [0.5, 0.6) is 0 Å². The van der Waals surface area contributed by atoms with E-state index in [0.717, 1.165) is 64.2 Å². The third-order valence-corrected chi connectivity index (χ3v) is 12.2. The maximum Gasteiger partial charge on any atom is 0.339 e. The van der Waals surface area contributed by atoms with Crippen molar-refractivity contribution in [3.05, 3.63) is 34.9 Å². The molecule has 0 spiro atoms. The Kier molecular flexibility index (Phi) is 38.0. The molecule has 0 aliphatic carbocycles. The van der Waals surface area contributed by atoms with Crippen LogP contribution < -0.4 is 0 Å². The van der Waals surface area contributed by atoms with E-state index in [-0.39, 0.29) is 29.2 Å². The molecule has 0 aromatic heterocycles. The highest BCUT2D eigenvalue weighted by molar-refractivity contribution is 6.05. The van der Waals surface area contributed by atoms with E-state index in [1.54, 1.807) is 6.07 Å². The summed E-state index contributed by atoms with van der Waals surface area (Å²) in [6, 6.07) is 4.54. The molecule has 0 heterocycles. The maximum atomic E-state index is 13.4. The van der Waals surface area contributed by atoms with Crippen LogP contribution in [-0.4, -0.2) is 37.7 Å². The Morgan fingerprint density at radius 2 is 0.729 bits per heavy atom. The number of unbranched alkanes of at least 4 members (excludes halogenated alkanes) is 31. The summed E-state index contributed by atoms with van der Waals surface area (Å²) in [4.78, 5) is 39.7. The van der Waals surface area contributed by atoms with Crippen LogP contribution in [0.2, 0.25) is 0 Å². The highest BCUT2D eigenvalue weighted by Crippen LogP contribution is 2.20. The van der Waals surface area contributed by atoms with Gasteiger partial charge in [0.1, 0.15) is 0 Å². The molecule has 1 atom stereocenters. The molecule has 0 bridgehead atoms. The summed E-state index contributed by atoms with van der Waals surface area (Å²) in [5.41, 5.74) is 0.465. The number of hydrogen-bond acceptors (Lipinski definition) is 6. The topological polar surface area (TPSA) is 78.9 Å². The smallest absolute Gasteiger partial charge is 0.339 e. The van der Waals surface area contributed by atoms with Gasteiger partial charge in [-0.05, 0) is 43.4 Å². The van der Waals surface area contributed by atoms with E-state index < -0.39 is 17.9 Å². The molecule has 0 radical (unpaired) electrons. The normalized spacial score (nSPS) is 11.8. The van der Waals surface area contributed by atoms with E-state index in [2.05, 4.69) is 27.7 Å². The van der Waals surface area contributed by atoms with Crippen LogP contribution in [0.3, 0.4) is 0 Å². The average Bonchev–Trinajstić information content (AvgIpc) is 3.25. The molecule has 1 aromatic rings. The van der Waals surface area contributed by atoms with E-state index in [1.807, 2.05) is 0 Å². The number of carbonyl (C=O) groups is 3. The SMILES string of the molecule is CCCCCCCCCCCCCCCCCCOC(=O)c1ccc(C(=O)OCCCCCCCCCCCCCCCCCC)c(C(=O)OCC(CC)CCCC)c1. The van der Waals surface area contributed by atoms with Crippen molar-refractivity contribution in [1.29, 1.82) is 0 Å². The maximum absolute atomic E-state index is 13.4. The summed E-state index contributed by atoms with van der Waals surface area (Å²) in [7, 11) is 0. The van der Waals surface area contributed by atoms with Gasteiger partial charge >= 0.3 is 17.9 Å². The molecule has 1 rings (SSSR count). The van der Waals surface area contributed by atoms with Gasteiger partial charge in [-0.25, -0.2) is 14.4 Å². The number of esters is 3. The summed E-state index contributed by atoms with van der Waals surface area (Å²) in [6.07, 6.45) is 45.3. The van der Waals surface area contributed by atoms with E-state index >= 15 is 0 Å². The second kappa shape index (κ2) is 41.0. The Morgan fingerprint density at radius 3 is 1.10 bits per heavy atom. The van der Waals surface area contributed by atoms with Gasteiger partial charge in [-0.2, -0.15) is 0 Å². The third kappa shape index (κ3) is 31.2. The molecule has 1 aromatic carbocycles. The van der Waals surface area contributed by atoms with Crippen LogP contribution >= 0.6 is 0 Å². The molecule has 342 valence electrons. The van der Waals surface area contributed by atoms with Crippen molar-refractivity contribution in [2.24, 2.45) is 5.92 Å². The minimum absolute atomic E-state index is 0.0733. The third-order valence-electron chi connectivity index (χ3n) is 12.2. The minimum atomic E-state index is -0.596. The quantitative estimate of drug-likeness (QED) is 0.0371. The van der Waals surface area contributed by atoms with Gasteiger partial charge in [0.05, 0.1) is 36.5 Å². The highest BCUT2D eigenvalue weighted by atomic mass is 16.5. The summed E-state index contributed by atoms with van der Waals surface area (Å²) >= 11 is 0. The Morgan fingerprint density at radius 1 is 0.390 bits per heavy atom. The molecule has 59 heavy (non-hydrogen) atoms. The monoisotopic (exact) mass is 827 g/mol. The second-order valence-corrected chi connectivity index (χ2v) is 17.7. The number of rotatable bonds is 43. The van der Waals surface area contributed by atoms with Crippen LogP contribution in [0.4, 0.5) is 0 Å². The van der Waals surface area contributed by atoms with E-state index in [0.29, 0.717) is 13.2 Å². The summed E-state index contributed by atoms with van der Waals surface area (Å²) in [6.45, 7) is 9.75. The van der Waals surface area contributed by atoms with Gasteiger partial charge < -0.3 is 14.2 Å². The van der Waals surface area contributed by atoms with Crippen LogP contribution in [-0.2, 0) is 14.2 Å². The molecular weight excluding hydrogens is 733 g/mol. The van der Waals surface area contributed by atoms with E-state index in [4.69, 9.17) is 14.2 Å². The van der Waals surface area contributed by atoms with Gasteiger partial charge in [0.2, 0.25) is 0 Å². The average molecular weight is 827 g/mol. The lowest BCUT2D eigenvalue weighted by atomic mass is 10.0. The Balaban J connectivity index is 2.42. The molecule has 1 unspecified atom stereocenters. The number of benzene rings is 1. The Bertz CT molecular complexity index is 1130. The number of hydrogen-bond donors (Lipinski definition) is 0. The van der Waals surface area contributed by atoms with Gasteiger partial charge in [0.25, 0.3) is 0 Å². The zero-order valence-corrected chi connectivity index (χ0v) is 39.3. The number of ether oxygens (including phenoxy) is 3. The zero-order valence-electron chi connectivity index (χ0n) is 39.3. The lowest BCUT2D eigenvalue weighted by Crippen LogP contribution is -2.19. The van der Waals surface area contributed by atoms with Crippen molar-refractivity contribution < 1.29 is 28.6 Å². The van der Waals surface area contributed by atoms with Crippen LogP contribution in [0, 0.1) is 5.92 Å². The first-order valence-electron chi connectivity index (χ1n) is 25.6. The Hall–Kier alpha value is -2.37. The summed E-state index contributed by atoms with van der Waals surface area (Å²) < 4.78 is 17.0. The zero-order chi connectivity index (χ0) is 42.9. The molecule has 6 nitrogen and oxygen atoms in total. The minimum Gasteiger partial charge on any atom is -0.462 e. The number of carbonyl (C=O) groups excluding carboxylic acids is 3. The molecule has 0 fully saturated rings. The van der Waals surface area contributed by atoms with Gasteiger partial charge in [0.15, 0.2) is 0 Å². The van der Waals surface area contributed by atoms with Gasteiger partial charge in [-0.15, -0.1) is 0 Å². The van der Waals surface area contributed by atoms with Crippen LogP contribution in [0.15, 0.2) is 18.2 Å². The van der Waals surface area contributed by atoms with Crippen molar-refractivity contribution >= 4 is 17.9 Å². The van der Waals surface area contributed by atoms with Crippen molar-refractivity contribution in [1.82, 2.24) is 0 Å². The fraction of sp³-hybridized carbons (Fsp3) is 0.830. The standard InChI is InChI=1S/C53H94O6/c1-5-9-12-14-16-18-20-22-24-26-28-30-32-34-36-38-43-57-51(54)48-41-42-49(50(45-48)53(56)59-46-47(8-4)40-11-7-3)52(55)58-44-39-37-35-33-31-29-27-25-23-21-19-17-15-13-10-6-2/h41-42,45,47H,5-40,43-44,46H2,1-4H3. The van der Waals surface area contributed by atoms with Gasteiger partial charge in [-0.1, -0.05) is 240 Å². The molecular formula is C53H94O6.